The molecule has 0 bridgehead atoms. The number of pyridine rings is 1. The van der Waals surface area contributed by atoms with Gasteiger partial charge in [-0.1, -0.05) is 12.0 Å². The summed E-state index contributed by atoms with van der Waals surface area (Å²) in [6, 6.07) is 9.02. The largest absolute Gasteiger partial charge is 0.364 e. The molecule has 202 valence electrons. The van der Waals surface area contributed by atoms with Crippen LogP contribution in [0, 0.1) is 17.7 Å². The van der Waals surface area contributed by atoms with E-state index in [-0.39, 0.29) is 43.2 Å². The molecule has 1 fully saturated rings. The first-order chi connectivity index (χ1) is 19.2. The number of alkyl halides is 1. The fraction of sp³-hybridized carbons (Fsp3) is 0.222. The van der Waals surface area contributed by atoms with Crippen LogP contribution < -0.4 is 5.73 Å². The molecule has 1 aliphatic rings. The van der Waals surface area contributed by atoms with Crippen molar-refractivity contribution in [3.63, 3.8) is 0 Å². The molecule has 2 N–H and O–H groups in total. The number of hydrogen-bond acceptors (Lipinski definition) is 7. The molecular weight excluding hydrogens is 588 g/mol. The Morgan fingerprint density at radius 1 is 1.12 bits per heavy atom. The molecule has 0 radical (unpaired) electrons. The van der Waals surface area contributed by atoms with Gasteiger partial charge in [-0.25, -0.2) is 23.7 Å². The number of benzene rings is 1. The minimum atomic E-state index is -1.35. The molecule has 40 heavy (non-hydrogen) atoms. The Morgan fingerprint density at radius 3 is 2.62 bits per heavy atom. The number of carbonyl (C=O) groups excluding carboxylic acids is 3. The lowest BCUT2D eigenvalue weighted by atomic mass is 10.0. The van der Waals surface area contributed by atoms with Gasteiger partial charge in [-0.3, -0.25) is 19.1 Å². The van der Waals surface area contributed by atoms with E-state index in [0.717, 1.165) is 12.4 Å². The van der Waals surface area contributed by atoms with Crippen molar-refractivity contribution in [1.29, 1.82) is 0 Å². The van der Waals surface area contributed by atoms with Crippen LogP contribution in [-0.2, 0) is 22.6 Å². The van der Waals surface area contributed by atoms with E-state index in [0.29, 0.717) is 26.8 Å². The van der Waals surface area contributed by atoms with E-state index in [2.05, 4.69) is 47.8 Å². The summed E-state index contributed by atoms with van der Waals surface area (Å²) in [6.45, 7) is -0.571. The molecule has 10 nitrogen and oxygen atoms in total. The summed E-state index contributed by atoms with van der Waals surface area (Å²) in [5, 5.41) is 4.57. The number of rotatable bonds is 6. The van der Waals surface area contributed by atoms with E-state index in [9.17, 15) is 23.2 Å². The number of nitrogens with zero attached hydrogens (tertiary/aromatic N) is 6. The van der Waals surface area contributed by atoms with Crippen LogP contribution in [0.3, 0.4) is 0 Å². The van der Waals surface area contributed by atoms with Crippen molar-refractivity contribution in [2.45, 2.75) is 31.6 Å². The molecule has 1 aromatic carbocycles. The highest BCUT2D eigenvalue weighted by atomic mass is 79.9. The Balaban J connectivity index is 1.38. The van der Waals surface area contributed by atoms with Gasteiger partial charge < -0.3 is 10.6 Å². The van der Waals surface area contributed by atoms with Crippen LogP contribution in [0.5, 0.6) is 0 Å². The van der Waals surface area contributed by atoms with E-state index in [1.165, 1.54) is 9.58 Å². The minimum Gasteiger partial charge on any atom is -0.364 e. The van der Waals surface area contributed by atoms with Gasteiger partial charge in [0.2, 0.25) is 11.7 Å². The molecule has 3 aromatic heterocycles. The van der Waals surface area contributed by atoms with Gasteiger partial charge in [0.1, 0.15) is 17.3 Å². The quantitative estimate of drug-likeness (QED) is 0.262. The van der Waals surface area contributed by atoms with Gasteiger partial charge in [-0.15, -0.1) is 0 Å². The van der Waals surface area contributed by atoms with E-state index in [4.69, 9.17) is 5.73 Å². The van der Waals surface area contributed by atoms with Crippen molar-refractivity contribution in [3.05, 3.63) is 82.0 Å². The number of nitrogens with two attached hydrogens (primary N) is 1. The predicted octanol–water partition coefficient (Wildman–Crippen LogP) is 2.37. The number of amides is 2. The maximum Gasteiger partial charge on any atom is 0.269 e. The minimum absolute atomic E-state index is 0.0517. The maximum atomic E-state index is 14.4. The zero-order chi connectivity index (χ0) is 28.4. The Labute approximate surface area is 234 Å². The fourth-order valence-electron chi connectivity index (χ4n) is 4.49. The van der Waals surface area contributed by atoms with Crippen molar-refractivity contribution >= 4 is 44.4 Å². The molecule has 0 unspecified atom stereocenters. The second-order valence-corrected chi connectivity index (χ2v) is 9.88. The molecular formula is C27H20BrF2N7O3. The Bertz CT molecular complexity index is 1700. The van der Waals surface area contributed by atoms with Crippen LogP contribution in [0.15, 0.2) is 53.4 Å². The molecule has 1 saturated heterocycles. The van der Waals surface area contributed by atoms with Gasteiger partial charge in [0, 0.05) is 23.1 Å². The number of halogens is 3. The Morgan fingerprint density at radius 2 is 1.90 bits per heavy atom. The van der Waals surface area contributed by atoms with Gasteiger partial charge in [0.05, 0.1) is 36.9 Å². The van der Waals surface area contributed by atoms with Crippen LogP contribution in [-0.4, -0.2) is 66.0 Å². The number of aromatic nitrogens is 5. The summed E-state index contributed by atoms with van der Waals surface area (Å²) in [7, 11) is 0. The Hall–Kier alpha value is -4.57. The number of Topliss-reactive ketones (excluding diaryl/α,β-unsaturated/α-hetero) is 1. The topological polar surface area (TPSA) is 137 Å². The molecule has 2 amide bonds. The third kappa shape index (κ3) is 5.86. The number of ketones is 1. The lowest BCUT2D eigenvalue weighted by molar-refractivity contribution is -0.138. The summed E-state index contributed by atoms with van der Waals surface area (Å²) in [4.78, 5) is 51.5. The van der Waals surface area contributed by atoms with Gasteiger partial charge in [0.15, 0.2) is 17.3 Å². The van der Waals surface area contributed by atoms with E-state index in [1.54, 1.807) is 36.4 Å². The smallest absolute Gasteiger partial charge is 0.269 e. The van der Waals surface area contributed by atoms with E-state index in [1.807, 2.05) is 0 Å². The second kappa shape index (κ2) is 11.3. The summed E-state index contributed by atoms with van der Waals surface area (Å²) in [5.41, 5.74) is 6.85. The van der Waals surface area contributed by atoms with Crippen LogP contribution >= 0.6 is 15.9 Å². The van der Waals surface area contributed by atoms with Crippen molar-refractivity contribution in [2.75, 3.05) is 6.54 Å². The van der Waals surface area contributed by atoms with Crippen LogP contribution in [0.1, 0.15) is 34.0 Å². The first-order valence-electron chi connectivity index (χ1n) is 12.1. The van der Waals surface area contributed by atoms with Crippen molar-refractivity contribution < 1.29 is 23.2 Å². The highest BCUT2D eigenvalue weighted by Crippen LogP contribution is 2.25. The average Bonchev–Trinajstić information content (AvgIpc) is 3.49. The van der Waals surface area contributed by atoms with Crippen LogP contribution in [0.4, 0.5) is 8.78 Å². The van der Waals surface area contributed by atoms with E-state index >= 15 is 0 Å². The Kier molecular flexibility index (Phi) is 7.61. The molecule has 0 aliphatic carbocycles. The second-order valence-electron chi connectivity index (χ2n) is 9.07. The lowest BCUT2D eigenvalue weighted by Gasteiger charge is -2.23. The molecule has 4 heterocycles. The summed E-state index contributed by atoms with van der Waals surface area (Å²) >= 11 is 3.26. The van der Waals surface area contributed by atoms with Crippen molar-refractivity contribution in [3.8, 4) is 11.8 Å². The number of hydrogen-bond donors (Lipinski definition) is 1. The first kappa shape index (κ1) is 27.0. The fourth-order valence-corrected chi connectivity index (χ4v) is 4.87. The maximum absolute atomic E-state index is 14.4. The standard InChI is InChI=1S/C27H20BrF2N7O3/c28-23-3-1-2-18(34-23)10-22(38)21-9-16(29)13-36(21)25(39)14-37-20-6-4-15(8-19(20)26(35-37)27(31)40)5-7-24-32-11-17(30)12-33-24/h1-4,6,8,11-12,16,21H,9-10,13-14H2,(H2,31,40)/t16-,21+/m1/s1. The molecule has 5 rings (SSSR count). The zero-order valence-corrected chi connectivity index (χ0v) is 22.3. The molecule has 0 saturated carbocycles. The summed E-state index contributed by atoms with van der Waals surface area (Å²) < 4.78 is 29.3. The van der Waals surface area contributed by atoms with Gasteiger partial charge in [-0.2, -0.15) is 5.10 Å². The number of fused-ring (bicyclic) bond motifs is 1. The third-order valence-corrected chi connectivity index (χ3v) is 6.72. The molecule has 13 heteroatoms. The third-order valence-electron chi connectivity index (χ3n) is 6.28. The van der Waals surface area contributed by atoms with Crippen molar-refractivity contribution in [2.24, 2.45) is 5.73 Å². The zero-order valence-electron chi connectivity index (χ0n) is 20.7. The van der Waals surface area contributed by atoms with Crippen LogP contribution in [0.2, 0.25) is 0 Å². The van der Waals surface area contributed by atoms with Crippen LogP contribution in [0.25, 0.3) is 10.9 Å². The first-order valence-corrected chi connectivity index (χ1v) is 12.8. The highest BCUT2D eigenvalue weighted by Gasteiger charge is 2.39. The molecule has 1 aliphatic heterocycles. The monoisotopic (exact) mass is 607 g/mol. The summed E-state index contributed by atoms with van der Waals surface area (Å²) in [6.07, 6.45) is 0.478. The number of primary amides is 1. The molecule has 4 aromatic rings. The predicted molar refractivity (Wildman–Crippen MR) is 142 cm³/mol. The normalized spacial score (nSPS) is 16.5. The average molecular weight is 608 g/mol. The molecule has 2 atom stereocenters. The van der Waals surface area contributed by atoms with Crippen molar-refractivity contribution in [1.82, 2.24) is 29.6 Å². The number of likely N-dealkylation sites (tertiary alicyclic amines) is 1. The van der Waals surface area contributed by atoms with Gasteiger partial charge >= 0.3 is 0 Å². The number of carbonyl (C=O) groups is 3. The SMILES string of the molecule is NC(=O)c1nn(CC(=O)N2C[C@H](F)C[C@H]2C(=O)Cc2cccc(Br)n2)c2ccc(C#Cc3ncc(F)cn3)cc12. The highest BCUT2D eigenvalue weighted by molar-refractivity contribution is 9.10. The van der Waals surface area contributed by atoms with Gasteiger partial charge in [0.25, 0.3) is 5.91 Å². The van der Waals surface area contributed by atoms with Gasteiger partial charge in [-0.05, 0) is 52.2 Å². The lowest BCUT2D eigenvalue weighted by Crippen LogP contribution is -2.43. The summed E-state index contributed by atoms with van der Waals surface area (Å²) in [5.74, 6) is 3.38. The molecule has 0 spiro atoms. The van der Waals surface area contributed by atoms with E-state index < -0.39 is 29.8 Å².